The lowest BCUT2D eigenvalue weighted by atomic mass is 10.1. The molecule has 1 saturated carbocycles. The molecule has 5 heteroatoms. The number of rotatable bonds is 3. The maximum Gasteiger partial charge on any atom is 0.306 e. The van der Waals surface area contributed by atoms with Gasteiger partial charge in [-0.2, -0.15) is 0 Å². The summed E-state index contributed by atoms with van der Waals surface area (Å²) < 4.78 is 1.16. The molecule has 0 unspecified atom stereocenters. The number of benzene rings is 1. The van der Waals surface area contributed by atoms with Gasteiger partial charge in [0.15, 0.2) is 5.13 Å². The van der Waals surface area contributed by atoms with Crippen LogP contribution in [0.15, 0.2) is 24.3 Å². The molecule has 3 rings (SSSR count). The summed E-state index contributed by atoms with van der Waals surface area (Å²) in [6, 6.07) is 8.26. The van der Waals surface area contributed by atoms with Crippen LogP contribution in [0.5, 0.6) is 0 Å². The summed E-state index contributed by atoms with van der Waals surface area (Å²) >= 11 is 1.62. The van der Waals surface area contributed by atoms with Gasteiger partial charge in [0.25, 0.3) is 0 Å². The molecule has 0 amide bonds. The van der Waals surface area contributed by atoms with Gasteiger partial charge in [0.05, 0.1) is 16.1 Å². The summed E-state index contributed by atoms with van der Waals surface area (Å²) in [5, 5.41) is 13.2. The van der Waals surface area contributed by atoms with Crippen molar-refractivity contribution in [1.82, 2.24) is 4.98 Å². The van der Waals surface area contributed by atoms with E-state index in [0.717, 1.165) is 28.2 Å². The average molecular weight is 262 g/mol. The maximum absolute atomic E-state index is 10.9. The van der Waals surface area contributed by atoms with Crippen molar-refractivity contribution in [1.29, 1.82) is 0 Å². The molecule has 2 atom stereocenters. The van der Waals surface area contributed by atoms with Gasteiger partial charge in [-0.25, -0.2) is 4.98 Å². The van der Waals surface area contributed by atoms with Crippen molar-refractivity contribution in [2.24, 2.45) is 5.92 Å². The number of thiazole rings is 1. The van der Waals surface area contributed by atoms with Crippen LogP contribution in [0.25, 0.3) is 10.2 Å². The van der Waals surface area contributed by atoms with E-state index in [4.69, 9.17) is 5.11 Å². The van der Waals surface area contributed by atoms with Gasteiger partial charge in [-0.1, -0.05) is 23.5 Å². The second kappa shape index (κ2) is 4.57. The van der Waals surface area contributed by atoms with Crippen molar-refractivity contribution in [2.75, 3.05) is 5.32 Å². The van der Waals surface area contributed by atoms with Crippen LogP contribution >= 0.6 is 11.3 Å². The second-order valence-electron chi connectivity index (χ2n) is 4.68. The van der Waals surface area contributed by atoms with E-state index in [-0.39, 0.29) is 12.0 Å². The Hall–Kier alpha value is -1.62. The van der Waals surface area contributed by atoms with Gasteiger partial charge in [0.1, 0.15) is 0 Å². The molecule has 0 saturated heterocycles. The minimum Gasteiger partial charge on any atom is -0.481 e. The standard InChI is InChI=1S/C13H14N2O2S/c16-12(17)8-5-6-9(7-8)14-13-15-10-3-1-2-4-11(10)18-13/h1-4,8-9H,5-7H2,(H,14,15)(H,16,17)/t8-,9+/m1/s1. The highest BCUT2D eigenvalue weighted by atomic mass is 32.1. The molecule has 1 aromatic heterocycles. The maximum atomic E-state index is 10.9. The molecule has 1 aliphatic carbocycles. The second-order valence-corrected chi connectivity index (χ2v) is 5.71. The number of aliphatic carboxylic acids is 1. The lowest BCUT2D eigenvalue weighted by Gasteiger charge is -2.10. The molecular weight excluding hydrogens is 248 g/mol. The normalized spacial score (nSPS) is 23.3. The van der Waals surface area contributed by atoms with Gasteiger partial charge in [-0.15, -0.1) is 0 Å². The fraction of sp³-hybridized carbons (Fsp3) is 0.385. The molecule has 0 aliphatic heterocycles. The lowest BCUT2D eigenvalue weighted by molar-refractivity contribution is -0.141. The predicted molar refractivity (Wildman–Crippen MR) is 72.0 cm³/mol. The zero-order valence-electron chi connectivity index (χ0n) is 9.80. The number of hydrogen-bond donors (Lipinski definition) is 2. The molecule has 0 spiro atoms. The van der Waals surface area contributed by atoms with Gasteiger partial charge in [-0.3, -0.25) is 4.79 Å². The van der Waals surface area contributed by atoms with Crippen LogP contribution in [-0.4, -0.2) is 22.1 Å². The summed E-state index contributed by atoms with van der Waals surface area (Å²) in [4.78, 5) is 15.4. The monoisotopic (exact) mass is 262 g/mol. The number of hydrogen-bond acceptors (Lipinski definition) is 4. The number of carboxylic acid groups (broad SMARTS) is 1. The minimum atomic E-state index is -0.677. The van der Waals surface area contributed by atoms with Gasteiger partial charge >= 0.3 is 5.97 Å². The third kappa shape index (κ3) is 2.18. The molecule has 18 heavy (non-hydrogen) atoms. The summed E-state index contributed by atoms with van der Waals surface area (Å²) in [6.45, 7) is 0. The first-order valence-corrected chi connectivity index (χ1v) is 6.89. The van der Waals surface area contributed by atoms with E-state index in [2.05, 4.69) is 10.3 Å². The first-order valence-electron chi connectivity index (χ1n) is 6.07. The Balaban J connectivity index is 1.71. The molecule has 0 radical (unpaired) electrons. The predicted octanol–water partition coefficient (Wildman–Crippen LogP) is 2.96. The fourth-order valence-corrected chi connectivity index (χ4v) is 3.39. The number of carbonyl (C=O) groups is 1. The Morgan fingerprint density at radius 3 is 2.94 bits per heavy atom. The molecular formula is C13H14N2O2S. The van der Waals surface area contributed by atoms with Crippen LogP contribution in [0.4, 0.5) is 5.13 Å². The van der Waals surface area contributed by atoms with Crippen molar-refractivity contribution in [3.8, 4) is 0 Å². The Morgan fingerprint density at radius 1 is 1.39 bits per heavy atom. The molecule has 94 valence electrons. The first-order chi connectivity index (χ1) is 8.72. The van der Waals surface area contributed by atoms with Crippen LogP contribution in [-0.2, 0) is 4.79 Å². The van der Waals surface area contributed by atoms with Crippen LogP contribution in [0.1, 0.15) is 19.3 Å². The van der Waals surface area contributed by atoms with Gasteiger partial charge in [-0.05, 0) is 31.4 Å². The van der Waals surface area contributed by atoms with Crippen LogP contribution in [0.2, 0.25) is 0 Å². The Kier molecular flexibility index (Phi) is 2.91. The number of para-hydroxylation sites is 1. The smallest absolute Gasteiger partial charge is 0.306 e. The number of nitrogens with one attached hydrogen (secondary N) is 1. The van der Waals surface area contributed by atoms with Crippen molar-refractivity contribution < 1.29 is 9.90 Å². The SMILES string of the molecule is O=C(O)[C@@H]1CC[C@H](Nc2nc3ccccc3s2)C1. The Labute approximate surface area is 109 Å². The third-order valence-electron chi connectivity index (χ3n) is 3.40. The lowest BCUT2D eigenvalue weighted by Crippen LogP contribution is -2.17. The van der Waals surface area contributed by atoms with E-state index in [1.807, 2.05) is 24.3 Å². The number of carboxylic acids is 1. The van der Waals surface area contributed by atoms with E-state index in [9.17, 15) is 4.79 Å². The number of nitrogens with zero attached hydrogens (tertiary/aromatic N) is 1. The van der Waals surface area contributed by atoms with Crippen LogP contribution in [0.3, 0.4) is 0 Å². The molecule has 1 aromatic carbocycles. The van der Waals surface area contributed by atoms with E-state index in [0.29, 0.717) is 6.42 Å². The number of fused-ring (bicyclic) bond motifs is 1. The van der Waals surface area contributed by atoms with E-state index in [1.165, 1.54) is 0 Å². The first kappa shape index (κ1) is 11.5. The highest BCUT2D eigenvalue weighted by Gasteiger charge is 2.29. The molecule has 0 bridgehead atoms. The molecule has 2 aromatic rings. The number of aromatic nitrogens is 1. The number of anilines is 1. The van der Waals surface area contributed by atoms with Gasteiger partial charge in [0.2, 0.25) is 0 Å². The minimum absolute atomic E-state index is 0.197. The van der Waals surface area contributed by atoms with Crippen LogP contribution in [0, 0.1) is 5.92 Å². The summed E-state index contributed by atoms with van der Waals surface area (Å²) in [6.07, 6.45) is 2.37. The van der Waals surface area contributed by atoms with E-state index in [1.54, 1.807) is 11.3 Å². The van der Waals surface area contributed by atoms with E-state index >= 15 is 0 Å². The average Bonchev–Trinajstić information content (AvgIpc) is 2.94. The zero-order valence-corrected chi connectivity index (χ0v) is 10.6. The van der Waals surface area contributed by atoms with E-state index < -0.39 is 5.97 Å². The van der Waals surface area contributed by atoms with Crippen LogP contribution < -0.4 is 5.32 Å². The fourth-order valence-electron chi connectivity index (χ4n) is 2.45. The molecule has 1 fully saturated rings. The topological polar surface area (TPSA) is 62.2 Å². The zero-order chi connectivity index (χ0) is 12.5. The van der Waals surface area contributed by atoms with Gasteiger partial charge < -0.3 is 10.4 Å². The summed E-state index contributed by atoms with van der Waals surface area (Å²) in [7, 11) is 0. The molecule has 1 aliphatic rings. The van der Waals surface area contributed by atoms with Crippen molar-refractivity contribution >= 4 is 32.7 Å². The largest absolute Gasteiger partial charge is 0.481 e. The Morgan fingerprint density at radius 2 is 2.22 bits per heavy atom. The third-order valence-corrected chi connectivity index (χ3v) is 4.37. The highest BCUT2D eigenvalue weighted by molar-refractivity contribution is 7.22. The summed E-state index contributed by atoms with van der Waals surface area (Å²) in [5.74, 6) is -0.875. The van der Waals surface area contributed by atoms with Crippen molar-refractivity contribution in [3.63, 3.8) is 0 Å². The highest BCUT2D eigenvalue weighted by Crippen LogP contribution is 2.31. The molecule has 4 nitrogen and oxygen atoms in total. The van der Waals surface area contributed by atoms with Crippen molar-refractivity contribution in [3.05, 3.63) is 24.3 Å². The Bertz CT molecular complexity index is 548. The van der Waals surface area contributed by atoms with Crippen molar-refractivity contribution in [2.45, 2.75) is 25.3 Å². The quantitative estimate of drug-likeness (QED) is 0.892. The molecule has 2 N–H and O–H groups in total. The molecule has 1 heterocycles. The summed E-state index contributed by atoms with van der Waals surface area (Å²) in [5.41, 5.74) is 0.998. The van der Waals surface area contributed by atoms with Gasteiger partial charge in [0, 0.05) is 6.04 Å².